The van der Waals surface area contributed by atoms with E-state index in [2.05, 4.69) is 22.3 Å². The van der Waals surface area contributed by atoms with Crippen molar-refractivity contribution in [2.75, 3.05) is 37.7 Å². The summed E-state index contributed by atoms with van der Waals surface area (Å²) in [6, 6.07) is 16.8. The maximum Gasteiger partial charge on any atom is 0.255 e. The van der Waals surface area contributed by atoms with E-state index < -0.39 is 6.04 Å². The summed E-state index contributed by atoms with van der Waals surface area (Å²) in [5, 5.41) is 2.97. The minimum Gasteiger partial charge on any atom is -0.493 e. The molecule has 0 spiro atoms. The van der Waals surface area contributed by atoms with Crippen molar-refractivity contribution >= 4 is 17.5 Å². The number of hydrogen-bond donors (Lipinski definition) is 1. The van der Waals surface area contributed by atoms with Crippen LogP contribution in [0.1, 0.15) is 37.6 Å². The predicted molar refractivity (Wildman–Crippen MR) is 124 cm³/mol. The Morgan fingerprint density at radius 3 is 2.39 bits per heavy atom. The van der Waals surface area contributed by atoms with Crippen molar-refractivity contribution in [3.8, 4) is 5.75 Å². The SMILES string of the molecule is CCOc1ccccc1C(=O)NC(C(=O)N1CCCN(c2ccccc2)CC1)C(C)C. The Bertz CT molecular complexity index is 869. The van der Waals surface area contributed by atoms with Crippen molar-refractivity contribution in [3.63, 3.8) is 0 Å². The first-order valence-electron chi connectivity index (χ1n) is 11.1. The average molecular weight is 424 g/mol. The molecule has 1 aliphatic rings. The molecule has 0 saturated carbocycles. The van der Waals surface area contributed by atoms with Crippen LogP contribution in [-0.2, 0) is 4.79 Å². The molecule has 1 N–H and O–H groups in total. The number of carbonyl (C=O) groups is 2. The third-order valence-electron chi connectivity index (χ3n) is 5.58. The molecule has 1 saturated heterocycles. The highest BCUT2D eigenvalue weighted by Crippen LogP contribution is 2.20. The number of hydrogen-bond acceptors (Lipinski definition) is 4. The van der Waals surface area contributed by atoms with Crippen LogP contribution >= 0.6 is 0 Å². The molecule has 1 heterocycles. The second-order valence-corrected chi connectivity index (χ2v) is 8.13. The summed E-state index contributed by atoms with van der Waals surface area (Å²) in [5.74, 6) is 0.207. The summed E-state index contributed by atoms with van der Waals surface area (Å²) in [7, 11) is 0. The number of benzene rings is 2. The molecule has 0 aliphatic carbocycles. The minimum absolute atomic E-state index is 0.0212. The number of nitrogens with zero attached hydrogens (tertiary/aromatic N) is 2. The Morgan fingerprint density at radius 1 is 0.968 bits per heavy atom. The molecule has 31 heavy (non-hydrogen) atoms. The van der Waals surface area contributed by atoms with Crippen LogP contribution in [-0.4, -0.2) is 55.5 Å². The lowest BCUT2D eigenvalue weighted by Crippen LogP contribution is -2.52. The first-order valence-corrected chi connectivity index (χ1v) is 11.1. The van der Waals surface area contributed by atoms with E-state index >= 15 is 0 Å². The van der Waals surface area contributed by atoms with E-state index in [1.54, 1.807) is 18.2 Å². The normalized spacial score (nSPS) is 15.4. The van der Waals surface area contributed by atoms with E-state index in [1.807, 2.05) is 49.9 Å². The van der Waals surface area contributed by atoms with Crippen LogP contribution in [0.3, 0.4) is 0 Å². The standard InChI is InChI=1S/C25H33N3O3/c1-4-31-22-14-9-8-13-21(22)24(29)26-23(19(2)3)25(30)28-16-10-15-27(17-18-28)20-11-6-5-7-12-20/h5-9,11-14,19,23H,4,10,15-18H2,1-3H3,(H,26,29). The van der Waals surface area contributed by atoms with Crippen LogP contribution in [0.2, 0.25) is 0 Å². The number of rotatable bonds is 7. The van der Waals surface area contributed by atoms with Gasteiger partial charge in [0.1, 0.15) is 11.8 Å². The van der Waals surface area contributed by atoms with Crippen LogP contribution < -0.4 is 15.0 Å². The Hall–Kier alpha value is -3.02. The van der Waals surface area contributed by atoms with Gasteiger partial charge in [0.2, 0.25) is 5.91 Å². The lowest BCUT2D eigenvalue weighted by atomic mass is 10.0. The number of carbonyl (C=O) groups excluding carboxylic acids is 2. The van der Waals surface area contributed by atoms with Crippen LogP contribution in [0.5, 0.6) is 5.75 Å². The fourth-order valence-corrected chi connectivity index (χ4v) is 3.90. The summed E-state index contributed by atoms with van der Waals surface area (Å²) in [6.07, 6.45) is 0.895. The van der Waals surface area contributed by atoms with Gasteiger partial charge in [-0.1, -0.05) is 44.2 Å². The maximum absolute atomic E-state index is 13.4. The minimum atomic E-state index is -0.578. The zero-order valence-corrected chi connectivity index (χ0v) is 18.7. The molecule has 0 radical (unpaired) electrons. The second kappa shape index (κ2) is 10.8. The van der Waals surface area contributed by atoms with Crippen molar-refractivity contribution in [1.82, 2.24) is 10.2 Å². The fraction of sp³-hybridized carbons (Fsp3) is 0.440. The first-order chi connectivity index (χ1) is 15.0. The van der Waals surface area contributed by atoms with Crippen molar-refractivity contribution in [1.29, 1.82) is 0 Å². The number of para-hydroxylation sites is 2. The zero-order chi connectivity index (χ0) is 22.2. The topological polar surface area (TPSA) is 61.9 Å². The zero-order valence-electron chi connectivity index (χ0n) is 18.7. The van der Waals surface area contributed by atoms with Gasteiger partial charge in [0.05, 0.1) is 12.2 Å². The van der Waals surface area contributed by atoms with Gasteiger partial charge in [-0.3, -0.25) is 9.59 Å². The largest absolute Gasteiger partial charge is 0.493 e. The number of nitrogens with one attached hydrogen (secondary N) is 1. The first kappa shape index (κ1) is 22.7. The summed E-state index contributed by atoms with van der Waals surface area (Å²) in [6.45, 7) is 9.31. The van der Waals surface area contributed by atoms with Gasteiger partial charge >= 0.3 is 0 Å². The molecule has 2 amide bonds. The average Bonchev–Trinajstić information content (AvgIpc) is 3.04. The molecule has 1 atom stereocenters. The molecule has 166 valence electrons. The molecule has 1 aliphatic heterocycles. The van der Waals surface area contributed by atoms with Crippen LogP contribution in [0.15, 0.2) is 54.6 Å². The van der Waals surface area contributed by atoms with E-state index in [-0.39, 0.29) is 17.7 Å². The predicted octanol–water partition coefficient (Wildman–Crippen LogP) is 3.58. The highest BCUT2D eigenvalue weighted by Gasteiger charge is 2.30. The molecule has 2 aromatic rings. The van der Waals surface area contributed by atoms with E-state index in [1.165, 1.54) is 5.69 Å². The molecule has 0 aromatic heterocycles. The Morgan fingerprint density at radius 2 is 1.68 bits per heavy atom. The van der Waals surface area contributed by atoms with Gasteiger partial charge in [-0.05, 0) is 43.5 Å². The fourth-order valence-electron chi connectivity index (χ4n) is 3.90. The quantitative estimate of drug-likeness (QED) is 0.740. The van der Waals surface area contributed by atoms with Crippen molar-refractivity contribution in [2.24, 2.45) is 5.92 Å². The Balaban J connectivity index is 1.68. The molecule has 3 rings (SSSR count). The second-order valence-electron chi connectivity index (χ2n) is 8.13. The van der Waals surface area contributed by atoms with E-state index in [0.717, 1.165) is 19.5 Å². The molecule has 6 nitrogen and oxygen atoms in total. The molecular formula is C25H33N3O3. The Kier molecular flexibility index (Phi) is 7.93. The number of amides is 2. The highest BCUT2D eigenvalue weighted by molar-refractivity contribution is 5.99. The van der Waals surface area contributed by atoms with Crippen LogP contribution in [0.25, 0.3) is 0 Å². The number of anilines is 1. The molecule has 2 aromatic carbocycles. The van der Waals surface area contributed by atoms with Gasteiger partial charge in [-0.2, -0.15) is 0 Å². The number of ether oxygens (including phenoxy) is 1. The summed E-state index contributed by atoms with van der Waals surface area (Å²) < 4.78 is 5.59. The smallest absolute Gasteiger partial charge is 0.255 e. The van der Waals surface area contributed by atoms with Crippen molar-refractivity contribution in [3.05, 3.63) is 60.2 Å². The molecule has 1 unspecified atom stereocenters. The molecule has 6 heteroatoms. The van der Waals surface area contributed by atoms with Crippen LogP contribution in [0, 0.1) is 5.92 Å². The van der Waals surface area contributed by atoms with E-state index in [9.17, 15) is 9.59 Å². The van der Waals surface area contributed by atoms with Crippen molar-refractivity contribution in [2.45, 2.75) is 33.2 Å². The van der Waals surface area contributed by atoms with Gasteiger partial charge in [-0.15, -0.1) is 0 Å². The third-order valence-corrected chi connectivity index (χ3v) is 5.58. The summed E-state index contributed by atoms with van der Waals surface area (Å²) in [4.78, 5) is 30.6. The van der Waals surface area contributed by atoms with Gasteiger partial charge in [0, 0.05) is 31.9 Å². The molecule has 0 bridgehead atoms. The van der Waals surface area contributed by atoms with E-state index in [4.69, 9.17) is 4.74 Å². The van der Waals surface area contributed by atoms with Gasteiger partial charge in [0.25, 0.3) is 5.91 Å². The van der Waals surface area contributed by atoms with Gasteiger partial charge < -0.3 is 19.9 Å². The van der Waals surface area contributed by atoms with Crippen molar-refractivity contribution < 1.29 is 14.3 Å². The van der Waals surface area contributed by atoms with E-state index in [0.29, 0.717) is 31.0 Å². The monoisotopic (exact) mass is 423 g/mol. The molecule has 1 fully saturated rings. The van der Waals surface area contributed by atoms with Crippen LogP contribution in [0.4, 0.5) is 5.69 Å². The maximum atomic E-state index is 13.4. The highest BCUT2D eigenvalue weighted by atomic mass is 16.5. The lowest BCUT2D eigenvalue weighted by molar-refractivity contribution is -0.134. The van der Waals surface area contributed by atoms with Gasteiger partial charge in [0.15, 0.2) is 0 Å². The third kappa shape index (κ3) is 5.78. The molecular weight excluding hydrogens is 390 g/mol. The lowest BCUT2D eigenvalue weighted by Gasteiger charge is -2.29. The Labute approximate surface area is 185 Å². The summed E-state index contributed by atoms with van der Waals surface area (Å²) >= 11 is 0. The van der Waals surface area contributed by atoms with Gasteiger partial charge in [-0.25, -0.2) is 0 Å². The summed E-state index contributed by atoms with van der Waals surface area (Å²) in [5.41, 5.74) is 1.63.